The Bertz CT molecular complexity index is 427. The van der Waals surface area contributed by atoms with Crippen LogP contribution in [0.5, 0.6) is 5.75 Å². The van der Waals surface area contributed by atoms with E-state index in [0.29, 0.717) is 0 Å². The number of methoxy groups -OCH3 is 2. The zero-order valence-corrected chi connectivity index (χ0v) is 11.8. The maximum Gasteiger partial charge on any atom is 0.165 e. The second-order valence-electron chi connectivity index (χ2n) is 5.01. The van der Waals surface area contributed by atoms with Gasteiger partial charge in [0.05, 0.1) is 18.8 Å². The summed E-state index contributed by atoms with van der Waals surface area (Å²) >= 11 is 0. The van der Waals surface area contributed by atoms with E-state index in [1.165, 1.54) is 7.11 Å². The van der Waals surface area contributed by atoms with Crippen molar-refractivity contribution in [1.29, 1.82) is 0 Å². The van der Waals surface area contributed by atoms with Crippen LogP contribution < -0.4 is 10.1 Å². The smallest absolute Gasteiger partial charge is 0.165 e. The second-order valence-corrected chi connectivity index (χ2v) is 5.01. The highest BCUT2D eigenvalue weighted by molar-refractivity contribution is 5.33. The monoisotopic (exact) mass is 267 g/mol. The summed E-state index contributed by atoms with van der Waals surface area (Å²) in [5.74, 6) is -0.0486. The Kier molecular flexibility index (Phi) is 4.42. The Labute approximate surface area is 114 Å². The fourth-order valence-electron chi connectivity index (χ4n) is 2.81. The third kappa shape index (κ3) is 2.60. The zero-order valence-electron chi connectivity index (χ0n) is 11.8. The van der Waals surface area contributed by atoms with E-state index in [-0.39, 0.29) is 23.2 Å². The molecular formula is C15H22FNO2. The summed E-state index contributed by atoms with van der Waals surface area (Å²) in [6, 6.07) is 5.16. The van der Waals surface area contributed by atoms with Gasteiger partial charge in [0.15, 0.2) is 11.6 Å². The van der Waals surface area contributed by atoms with Gasteiger partial charge in [-0.2, -0.15) is 0 Å². The Morgan fingerprint density at radius 1 is 1.37 bits per heavy atom. The Balaban J connectivity index is 2.31. The van der Waals surface area contributed by atoms with Crippen molar-refractivity contribution in [1.82, 2.24) is 5.32 Å². The molecule has 0 bridgehead atoms. The predicted molar refractivity (Wildman–Crippen MR) is 73.0 cm³/mol. The first kappa shape index (κ1) is 14.3. The van der Waals surface area contributed by atoms with E-state index in [1.54, 1.807) is 19.2 Å². The van der Waals surface area contributed by atoms with Crippen LogP contribution in [-0.4, -0.2) is 26.4 Å². The molecule has 0 aromatic heterocycles. The molecule has 1 saturated carbocycles. The molecule has 1 aromatic carbocycles. The molecule has 0 heterocycles. The number of rotatable bonds is 6. The molecule has 0 spiro atoms. The molecule has 0 amide bonds. The van der Waals surface area contributed by atoms with Crippen LogP contribution in [0.25, 0.3) is 0 Å². The average molecular weight is 267 g/mol. The van der Waals surface area contributed by atoms with Gasteiger partial charge < -0.3 is 14.8 Å². The minimum Gasteiger partial charge on any atom is -0.494 e. The van der Waals surface area contributed by atoms with Gasteiger partial charge >= 0.3 is 0 Å². The number of halogens is 1. The number of hydrogen-bond acceptors (Lipinski definition) is 3. The van der Waals surface area contributed by atoms with Gasteiger partial charge in [0, 0.05) is 7.11 Å². The van der Waals surface area contributed by atoms with Gasteiger partial charge in [-0.05, 0) is 43.5 Å². The molecule has 106 valence electrons. The van der Waals surface area contributed by atoms with Crippen LogP contribution in [0, 0.1) is 5.82 Å². The topological polar surface area (TPSA) is 30.5 Å². The lowest BCUT2D eigenvalue weighted by Crippen LogP contribution is -2.50. The van der Waals surface area contributed by atoms with Crippen LogP contribution in [0.4, 0.5) is 4.39 Å². The van der Waals surface area contributed by atoms with Crippen molar-refractivity contribution < 1.29 is 13.9 Å². The molecule has 19 heavy (non-hydrogen) atoms. The first-order valence-corrected chi connectivity index (χ1v) is 6.79. The summed E-state index contributed by atoms with van der Waals surface area (Å²) in [7, 11) is 3.21. The van der Waals surface area contributed by atoms with Crippen molar-refractivity contribution in [3.63, 3.8) is 0 Å². The number of ether oxygens (including phenoxy) is 2. The molecule has 1 aliphatic carbocycles. The number of benzene rings is 1. The molecule has 2 rings (SSSR count). The third-order valence-electron chi connectivity index (χ3n) is 4.05. The van der Waals surface area contributed by atoms with E-state index in [2.05, 4.69) is 12.2 Å². The molecule has 0 saturated heterocycles. The zero-order chi connectivity index (χ0) is 13.9. The van der Waals surface area contributed by atoms with Gasteiger partial charge in [-0.25, -0.2) is 4.39 Å². The van der Waals surface area contributed by atoms with E-state index in [0.717, 1.165) is 31.4 Å². The summed E-state index contributed by atoms with van der Waals surface area (Å²) in [4.78, 5) is 0. The van der Waals surface area contributed by atoms with E-state index >= 15 is 0 Å². The van der Waals surface area contributed by atoms with Gasteiger partial charge in [0.25, 0.3) is 0 Å². The maximum atomic E-state index is 13.9. The van der Waals surface area contributed by atoms with Gasteiger partial charge in [-0.1, -0.05) is 13.0 Å². The fraction of sp³-hybridized carbons (Fsp3) is 0.600. The molecule has 1 aliphatic rings. The van der Waals surface area contributed by atoms with Crippen LogP contribution in [0.3, 0.4) is 0 Å². The minimum atomic E-state index is -0.325. The molecule has 3 nitrogen and oxygen atoms in total. The van der Waals surface area contributed by atoms with Gasteiger partial charge in [0.2, 0.25) is 0 Å². The molecule has 0 radical (unpaired) electrons. The van der Waals surface area contributed by atoms with E-state index in [1.807, 2.05) is 6.07 Å². The van der Waals surface area contributed by atoms with Crippen LogP contribution in [0.15, 0.2) is 18.2 Å². The first-order valence-electron chi connectivity index (χ1n) is 6.79. The van der Waals surface area contributed by atoms with E-state index < -0.39 is 0 Å². The summed E-state index contributed by atoms with van der Waals surface area (Å²) in [6.07, 6.45) is 3.18. The summed E-state index contributed by atoms with van der Waals surface area (Å²) in [6.45, 7) is 2.87. The lowest BCUT2D eigenvalue weighted by molar-refractivity contribution is -0.0995. The quantitative estimate of drug-likeness (QED) is 0.859. The van der Waals surface area contributed by atoms with Crippen LogP contribution in [0.1, 0.15) is 37.8 Å². The lowest BCUT2D eigenvalue weighted by Gasteiger charge is -2.47. The molecule has 0 aliphatic heterocycles. The van der Waals surface area contributed by atoms with Crippen molar-refractivity contribution in [2.24, 2.45) is 0 Å². The normalized spacial score (nSPS) is 18.7. The van der Waals surface area contributed by atoms with Crippen molar-refractivity contribution >= 4 is 0 Å². The van der Waals surface area contributed by atoms with Gasteiger partial charge in [-0.3, -0.25) is 0 Å². The van der Waals surface area contributed by atoms with E-state index in [9.17, 15) is 4.39 Å². The molecular weight excluding hydrogens is 245 g/mol. The molecule has 1 aromatic rings. The largest absolute Gasteiger partial charge is 0.494 e. The Hall–Kier alpha value is -1.13. The number of likely N-dealkylation sites (N-methyl/N-ethyl adjacent to an activating group) is 1. The average Bonchev–Trinajstić information content (AvgIpc) is 2.37. The van der Waals surface area contributed by atoms with Crippen LogP contribution in [-0.2, 0) is 4.74 Å². The number of nitrogens with one attached hydrogen (secondary N) is 1. The highest BCUT2D eigenvalue weighted by Crippen LogP contribution is 2.45. The van der Waals surface area contributed by atoms with Crippen LogP contribution in [0.2, 0.25) is 0 Å². The van der Waals surface area contributed by atoms with Crippen molar-refractivity contribution in [3.05, 3.63) is 29.6 Å². The van der Waals surface area contributed by atoms with Gasteiger partial charge in [0.1, 0.15) is 0 Å². The number of hydrogen-bond donors (Lipinski definition) is 1. The van der Waals surface area contributed by atoms with Crippen molar-refractivity contribution in [2.45, 2.75) is 37.8 Å². The van der Waals surface area contributed by atoms with Gasteiger partial charge in [-0.15, -0.1) is 0 Å². The standard InChI is InChI=1S/C15H22FNO2/c1-4-17-14(15(19-3)8-5-9-15)11-6-7-13(18-2)12(16)10-11/h6-7,10,14,17H,4-5,8-9H2,1-3H3. The third-order valence-corrected chi connectivity index (χ3v) is 4.05. The summed E-state index contributed by atoms with van der Waals surface area (Å²) in [5.41, 5.74) is 0.721. The second kappa shape index (κ2) is 5.88. The van der Waals surface area contributed by atoms with Crippen molar-refractivity contribution in [3.8, 4) is 5.75 Å². The molecule has 1 unspecified atom stereocenters. The van der Waals surface area contributed by atoms with E-state index in [4.69, 9.17) is 9.47 Å². The highest BCUT2D eigenvalue weighted by atomic mass is 19.1. The summed E-state index contributed by atoms with van der Waals surface area (Å²) < 4.78 is 24.6. The SMILES string of the molecule is CCNC(c1ccc(OC)c(F)c1)C1(OC)CCC1. The first-order chi connectivity index (χ1) is 9.16. The maximum absolute atomic E-state index is 13.9. The molecule has 1 fully saturated rings. The Morgan fingerprint density at radius 3 is 2.53 bits per heavy atom. The lowest BCUT2D eigenvalue weighted by atomic mass is 9.72. The fourth-order valence-corrected chi connectivity index (χ4v) is 2.81. The molecule has 4 heteroatoms. The van der Waals surface area contributed by atoms with Crippen molar-refractivity contribution in [2.75, 3.05) is 20.8 Å². The minimum absolute atomic E-state index is 0.0247. The highest BCUT2D eigenvalue weighted by Gasteiger charge is 2.45. The Morgan fingerprint density at radius 2 is 2.11 bits per heavy atom. The molecule has 1 N–H and O–H groups in total. The molecule has 1 atom stereocenters. The predicted octanol–water partition coefficient (Wildman–Crippen LogP) is 3.05. The summed E-state index contributed by atoms with van der Waals surface area (Å²) in [5, 5.41) is 3.42. The van der Waals surface area contributed by atoms with Crippen LogP contribution >= 0.6 is 0 Å².